The molecular weight excluding hydrogens is 561 g/mol. The van der Waals surface area contributed by atoms with E-state index in [2.05, 4.69) is 10.2 Å². The molecule has 0 aliphatic carbocycles. The number of hydrogen-bond donors (Lipinski definition) is 4. The first-order chi connectivity index (χ1) is 16.6. The van der Waals surface area contributed by atoms with Gasteiger partial charge in [-0.1, -0.05) is 36.1 Å². The van der Waals surface area contributed by atoms with E-state index in [0.29, 0.717) is 11.5 Å². The minimum Gasteiger partial charge on any atom is -0.870 e. The molecule has 0 bridgehead atoms. The van der Waals surface area contributed by atoms with Crippen LogP contribution in [0.25, 0.3) is 21.5 Å². The van der Waals surface area contributed by atoms with E-state index in [-0.39, 0.29) is 40.3 Å². The number of nitrogens with zero attached hydrogens (tertiary/aromatic N) is 2. The Hall–Kier alpha value is -2.67. The Labute approximate surface area is 232 Å². The van der Waals surface area contributed by atoms with Crippen molar-refractivity contribution in [2.45, 2.75) is 14.7 Å². The van der Waals surface area contributed by atoms with Gasteiger partial charge in [0.25, 0.3) is 30.4 Å². The first kappa shape index (κ1) is 28.9. The molecule has 0 amide bonds. The summed E-state index contributed by atoms with van der Waals surface area (Å²) in [7, 11) is -14.8. The van der Waals surface area contributed by atoms with Crippen LogP contribution in [0.3, 0.4) is 0 Å². The molecule has 37 heavy (non-hydrogen) atoms. The molecule has 4 rings (SSSR count). The molecule has 0 aliphatic rings. The Kier molecular flexibility index (Phi) is 7.73. The number of rotatable bonds is 5. The fourth-order valence-electron chi connectivity index (χ4n) is 3.60. The fourth-order valence-corrected chi connectivity index (χ4v) is 5.64. The molecule has 0 spiro atoms. The van der Waals surface area contributed by atoms with Crippen LogP contribution in [0.2, 0.25) is 0 Å². The van der Waals surface area contributed by atoms with Crippen LogP contribution in [0.4, 0.5) is 17.1 Å². The zero-order valence-electron chi connectivity index (χ0n) is 18.6. The summed E-state index contributed by atoms with van der Waals surface area (Å²) in [5.74, 6) is -1.20. The van der Waals surface area contributed by atoms with Crippen LogP contribution in [-0.2, 0) is 30.4 Å². The quantitative estimate of drug-likeness (QED) is 0.105. The molecule has 17 heteroatoms. The molecule has 188 valence electrons. The Balaban J connectivity index is 0.00000380. The summed E-state index contributed by atoms with van der Waals surface area (Å²) in [4.78, 5) is -2.50. The zero-order valence-corrected chi connectivity index (χ0v) is 23.0. The Morgan fingerprint density at radius 1 is 0.757 bits per heavy atom. The van der Waals surface area contributed by atoms with E-state index in [1.54, 1.807) is 12.1 Å². The number of nitrogens with two attached hydrogens (primary N) is 1. The second-order valence-electron chi connectivity index (χ2n) is 7.42. The van der Waals surface area contributed by atoms with E-state index in [1.165, 1.54) is 18.2 Å². The van der Waals surface area contributed by atoms with Crippen LogP contribution < -0.4 is 40.4 Å². The predicted molar refractivity (Wildman–Crippen MR) is 125 cm³/mol. The van der Waals surface area contributed by atoms with Gasteiger partial charge in [0.05, 0.1) is 10.6 Å². The third-order valence-electron chi connectivity index (χ3n) is 5.09. The van der Waals surface area contributed by atoms with E-state index in [4.69, 9.17) is 5.73 Å². The van der Waals surface area contributed by atoms with Crippen molar-refractivity contribution in [2.75, 3.05) is 5.73 Å². The molecule has 4 aromatic rings. The van der Waals surface area contributed by atoms with Crippen LogP contribution >= 0.6 is 0 Å². The number of anilines is 1. The first-order valence-corrected chi connectivity index (χ1v) is 13.8. The molecule has 0 unspecified atom stereocenters. The maximum absolute atomic E-state index is 13.1. The van der Waals surface area contributed by atoms with Gasteiger partial charge in [-0.2, -0.15) is 25.3 Å². The van der Waals surface area contributed by atoms with Gasteiger partial charge < -0.3 is 10.8 Å². The molecule has 0 radical (unpaired) electrons. The molecule has 0 heterocycles. The van der Waals surface area contributed by atoms with Crippen molar-refractivity contribution in [3.8, 4) is 5.75 Å². The van der Waals surface area contributed by atoms with Gasteiger partial charge in [0.15, 0.2) is 0 Å². The van der Waals surface area contributed by atoms with E-state index in [0.717, 1.165) is 18.2 Å². The molecular formula is C20H14N3NaO10S3. The van der Waals surface area contributed by atoms with Gasteiger partial charge in [-0.05, 0) is 40.4 Å². The molecule has 5 N–H and O–H groups in total. The number of azo groups is 1. The number of fused-ring (bicyclic) bond motifs is 2. The van der Waals surface area contributed by atoms with E-state index in [1.807, 2.05) is 0 Å². The van der Waals surface area contributed by atoms with Gasteiger partial charge in [-0.3, -0.25) is 13.7 Å². The number of nitrogen functional groups attached to an aromatic ring is 1. The topological polar surface area (TPSA) is 237 Å². The van der Waals surface area contributed by atoms with Crippen molar-refractivity contribution in [3.63, 3.8) is 0 Å². The minimum absolute atomic E-state index is 0. The molecule has 0 saturated carbocycles. The van der Waals surface area contributed by atoms with Gasteiger partial charge in [-0.15, -0.1) is 10.2 Å². The molecule has 13 nitrogen and oxygen atoms in total. The fraction of sp³-hybridized carbons (Fsp3) is 0. The van der Waals surface area contributed by atoms with Crippen LogP contribution in [-0.4, -0.2) is 38.9 Å². The van der Waals surface area contributed by atoms with Crippen molar-refractivity contribution < 1.29 is 73.6 Å². The summed E-state index contributed by atoms with van der Waals surface area (Å²) in [6.45, 7) is 0. The van der Waals surface area contributed by atoms with Gasteiger partial charge in [0, 0.05) is 11.1 Å². The van der Waals surface area contributed by atoms with Crippen molar-refractivity contribution in [3.05, 3.63) is 54.6 Å². The zero-order chi connectivity index (χ0) is 26.6. The molecule has 0 saturated heterocycles. The van der Waals surface area contributed by atoms with Crippen molar-refractivity contribution in [1.29, 1.82) is 0 Å². The van der Waals surface area contributed by atoms with Crippen molar-refractivity contribution in [1.82, 2.24) is 0 Å². The Morgan fingerprint density at radius 3 is 2.00 bits per heavy atom. The molecule has 0 fully saturated rings. The van der Waals surface area contributed by atoms with Gasteiger partial charge in [0.1, 0.15) is 15.5 Å². The first-order valence-electron chi connectivity index (χ1n) is 9.52. The van der Waals surface area contributed by atoms with Crippen LogP contribution in [0.1, 0.15) is 0 Å². The SMILES string of the molecule is Nc1cc(S(=O)(=O)O)cc2cc(S(=O)(=O)O)c(N=Nc3ccc4ccccc4c3S(=O)(=O)O)c([O-])c12.[Na+]. The largest absolute Gasteiger partial charge is 1.00 e. The normalized spacial score (nSPS) is 12.7. The summed E-state index contributed by atoms with van der Waals surface area (Å²) in [6.07, 6.45) is 0. The molecule has 0 atom stereocenters. The molecule has 4 aromatic carbocycles. The number of benzene rings is 4. The third kappa shape index (κ3) is 5.62. The second kappa shape index (κ2) is 9.90. The second-order valence-corrected chi connectivity index (χ2v) is 11.6. The molecule has 0 aromatic heterocycles. The van der Waals surface area contributed by atoms with Crippen LogP contribution in [0.5, 0.6) is 5.75 Å². The van der Waals surface area contributed by atoms with Crippen LogP contribution in [0.15, 0.2) is 79.5 Å². The molecule has 0 aliphatic heterocycles. The Morgan fingerprint density at radius 2 is 1.41 bits per heavy atom. The van der Waals surface area contributed by atoms with E-state index < -0.39 is 73.2 Å². The monoisotopic (exact) mass is 575 g/mol. The summed E-state index contributed by atoms with van der Waals surface area (Å²) in [5, 5.41) is 20.0. The van der Waals surface area contributed by atoms with Crippen LogP contribution in [0, 0.1) is 0 Å². The minimum atomic E-state index is -5.16. The summed E-state index contributed by atoms with van der Waals surface area (Å²) in [6, 6.07) is 10.9. The average molecular weight is 576 g/mol. The predicted octanol–water partition coefficient (Wildman–Crippen LogP) is -0.192. The summed E-state index contributed by atoms with van der Waals surface area (Å²) in [5.41, 5.74) is 3.88. The van der Waals surface area contributed by atoms with Crippen molar-refractivity contribution >= 4 is 69.0 Å². The summed E-state index contributed by atoms with van der Waals surface area (Å²) >= 11 is 0. The van der Waals surface area contributed by atoms with E-state index in [9.17, 15) is 44.0 Å². The smallest absolute Gasteiger partial charge is 0.870 e. The Bertz CT molecular complexity index is 1940. The number of hydrogen-bond acceptors (Lipinski definition) is 10. The average Bonchev–Trinajstić information content (AvgIpc) is 2.75. The standard InChI is InChI=1S/C20H15N3O10S3.Na/c21-14-9-12(34(25,26)27)7-11-8-16(35(28,29)30)18(19(24)17(11)14)23-22-15-6-5-10-3-1-2-4-13(10)20(15)36(31,32)33;/h1-9,24H,21H2,(H,25,26,27)(H,28,29,30)(H,31,32,33);/q;+1/p-1. The van der Waals surface area contributed by atoms with Gasteiger partial charge >= 0.3 is 29.6 Å². The van der Waals surface area contributed by atoms with Gasteiger partial charge in [-0.25, -0.2) is 0 Å². The summed E-state index contributed by atoms with van der Waals surface area (Å²) < 4.78 is 99.8. The third-order valence-corrected chi connectivity index (χ3v) is 7.73. The maximum atomic E-state index is 13.1. The van der Waals surface area contributed by atoms with Crippen molar-refractivity contribution in [2.24, 2.45) is 10.2 Å². The maximum Gasteiger partial charge on any atom is 1.00 e. The van der Waals surface area contributed by atoms with E-state index >= 15 is 0 Å². The van der Waals surface area contributed by atoms with Gasteiger partial charge in [0.2, 0.25) is 0 Å².